The molecule has 21 heavy (non-hydrogen) atoms. The summed E-state index contributed by atoms with van der Waals surface area (Å²) in [7, 11) is 0. The summed E-state index contributed by atoms with van der Waals surface area (Å²) in [6.45, 7) is 7.98. The van der Waals surface area contributed by atoms with E-state index in [1.165, 1.54) is 6.07 Å². The molecule has 1 aromatic carbocycles. The predicted octanol–water partition coefficient (Wildman–Crippen LogP) is 3.90. The average Bonchev–Trinajstić information content (AvgIpc) is 2.46. The number of carbonyl (C=O) groups excluding carboxylic acids is 1. The van der Waals surface area contributed by atoms with Gasteiger partial charge in [-0.2, -0.15) is 0 Å². The molecule has 1 saturated heterocycles. The van der Waals surface area contributed by atoms with Gasteiger partial charge in [-0.3, -0.25) is 9.69 Å². The Morgan fingerprint density at radius 1 is 1.19 bits per heavy atom. The van der Waals surface area contributed by atoms with Crippen molar-refractivity contribution in [2.24, 2.45) is 11.8 Å². The maximum Gasteiger partial charge on any atom is 0.182 e. The fourth-order valence-corrected chi connectivity index (χ4v) is 3.05. The largest absolute Gasteiger partial charge is 0.293 e. The maximum atomic E-state index is 13.7. The Hall–Kier alpha value is -1.29. The molecule has 1 aromatic rings. The van der Waals surface area contributed by atoms with Gasteiger partial charge in [-0.1, -0.05) is 13.8 Å². The third-order valence-corrected chi connectivity index (χ3v) is 4.64. The van der Waals surface area contributed by atoms with E-state index in [0.717, 1.165) is 38.1 Å². The van der Waals surface area contributed by atoms with Crippen molar-refractivity contribution in [3.63, 3.8) is 0 Å². The van der Waals surface area contributed by atoms with E-state index in [-0.39, 0.29) is 17.4 Å². The summed E-state index contributed by atoms with van der Waals surface area (Å²) in [5.41, 5.74) is -0.0186. The lowest BCUT2D eigenvalue weighted by molar-refractivity contribution is 0.0739. The summed E-state index contributed by atoms with van der Waals surface area (Å²) in [5, 5.41) is 0. The fourth-order valence-electron chi connectivity index (χ4n) is 3.05. The molecule has 116 valence electrons. The van der Waals surface area contributed by atoms with Crippen LogP contribution in [0.2, 0.25) is 0 Å². The van der Waals surface area contributed by atoms with Gasteiger partial charge in [-0.25, -0.2) is 8.78 Å². The van der Waals surface area contributed by atoms with E-state index in [4.69, 9.17) is 0 Å². The number of hydrogen-bond donors (Lipinski definition) is 0. The monoisotopic (exact) mass is 295 g/mol. The number of nitrogens with zero attached hydrogens (tertiary/aromatic N) is 1. The molecule has 0 N–H and O–H groups in total. The van der Waals surface area contributed by atoms with E-state index in [1.807, 2.05) is 0 Å². The van der Waals surface area contributed by atoms with Crippen LogP contribution >= 0.6 is 0 Å². The number of rotatable bonds is 4. The summed E-state index contributed by atoms with van der Waals surface area (Å²) >= 11 is 0. The van der Waals surface area contributed by atoms with E-state index in [1.54, 1.807) is 6.92 Å². The highest BCUT2D eigenvalue weighted by atomic mass is 19.1. The first-order chi connectivity index (χ1) is 9.90. The molecule has 0 bridgehead atoms. The van der Waals surface area contributed by atoms with Crippen LogP contribution in [0, 0.1) is 23.5 Å². The van der Waals surface area contributed by atoms with E-state index < -0.39 is 11.6 Å². The third-order valence-electron chi connectivity index (χ3n) is 4.64. The molecule has 1 aliphatic rings. The quantitative estimate of drug-likeness (QED) is 0.785. The molecule has 4 heteroatoms. The first kappa shape index (κ1) is 16.1. The van der Waals surface area contributed by atoms with Gasteiger partial charge in [0.2, 0.25) is 0 Å². The summed E-state index contributed by atoms with van der Waals surface area (Å²) in [5.74, 6) is -0.340. The number of benzene rings is 1. The predicted molar refractivity (Wildman–Crippen MR) is 79.3 cm³/mol. The second kappa shape index (κ2) is 6.65. The Kier molecular flexibility index (Phi) is 5.09. The molecule has 1 unspecified atom stereocenters. The van der Waals surface area contributed by atoms with Crippen molar-refractivity contribution in [3.05, 3.63) is 35.4 Å². The minimum Gasteiger partial charge on any atom is -0.293 e. The number of halogens is 2. The Bertz CT molecular complexity index is 508. The van der Waals surface area contributed by atoms with E-state index in [2.05, 4.69) is 18.7 Å². The van der Waals surface area contributed by atoms with Gasteiger partial charge < -0.3 is 0 Å². The van der Waals surface area contributed by atoms with Gasteiger partial charge in [0, 0.05) is 6.07 Å². The smallest absolute Gasteiger partial charge is 0.182 e. The molecule has 0 saturated carbocycles. The Morgan fingerprint density at radius 2 is 1.81 bits per heavy atom. The van der Waals surface area contributed by atoms with Crippen LogP contribution in [0.4, 0.5) is 8.78 Å². The summed E-state index contributed by atoms with van der Waals surface area (Å²) < 4.78 is 26.6. The summed E-state index contributed by atoms with van der Waals surface area (Å²) in [4.78, 5) is 14.5. The Labute approximate surface area is 125 Å². The highest BCUT2D eigenvalue weighted by Crippen LogP contribution is 2.26. The Balaban J connectivity index is 2.03. The van der Waals surface area contributed by atoms with Gasteiger partial charge in [0.1, 0.15) is 11.6 Å². The van der Waals surface area contributed by atoms with Gasteiger partial charge >= 0.3 is 0 Å². The molecule has 0 spiro atoms. The van der Waals surface area contributed by atoms with Crippen LogP contribution in [0.1, 0.15) is 44.0 Å². The first-order valence-electron chi connectivity index (χ1n) is 7.63. The number of likely N-dealkylation sites (tertiary alicyclic amines) is 1. The normalized spacial score (nSPS) is 19.0. The van der Waals surface area contributed by atoms with Crippen LogP contribution in [-0.4, -0.2) is 29.8 Å². The lowest BCUT2D eigenvalue weighted by Gasteiger charge is -2.36. The zero-order valence-corrected chi connectivity index (χ0v) is 12.9. The van der Waals surface area contributed by atoms with Gasteiger partial charge in [0.05, 0.1) is 11.6 Å². The average molecular weight is 295 g/mol. The molecule has 0 amide bonds. The molecule has 1 heterocycles. The van der Waals surface area contributed by atoms with Crippen molar-refractivity contribution in [2.75, 3.05) is 13.1 Å². The molecule has 2 nitrogen and oxygen atoms in total. The molecule has 0 aliphatic carbocycles. The standard InChI is InChI=1S/C17H23F2NO/c1-11(2)13-6-8-20(9-7-13)12(3)17(21)15-5-4-14(18)10-16(15)19/h4-5,10-13H,6-9H2,1-3H3. The zero-order chi connectivity index (χ0) is 15.6. The second-order valence-corrected chi connectivity index (χ2v) is 6.28. The second-order valence-electron chi connectivity index (χ2n) is 6.28. The van der Waals surface area contributed by atoms with Crippen LogP contribution in [0.25, 0.3) is 0 Å². The van der Waals surface area contributed by atoms with Crippen LogP contribution in [0.15, 0.2) is 18.2 Å². The van der Waals surface area contributed by atoms with Crippen LogP contribution in [0.3, 0.4) is 0 Å². The zero-order valence-electron chi connectivity index (χ0n) is 12.9. The van der Waals surface area contributed by atoms with Crippen molar-refractivity contribution in [3.8, 4) is 0 Å². The summed E-state index contributed by atoms with van der Waals surface area (Å²) in [6, 6.07) is 2.78. The van der Waals surface area contributed by atoms with Crippen LogP contribution in [0.5, 0.6) is 0 Å². The fraction of sp³-hybridized carbons (Fsp3) is 0.588. The molecule has 1 atom stereocenters. The number of ketones is 1. The highest BCUT2D eigenvalue weighted by Gasteiger charge is 2.29. The minimum atomic E-state index is -0.774. The molecular formula is C17H23F2NO. The van der Waals surface area contributed by atoms with Gasteiger partial charge in [0.25, 0.3) is 0 Å². The van der Waals surface area contributed by atoms with Gasteiger partial charge in [-0.05, 0) is 56.8 Å². The minimum absolute atomic E-state index is 0.0186. The molecular weight excluding hydrogens is 272 g/mol. The van der Waals surface area contributed by atoms with Gasteiger partial charge in [0.15, 0.2) is 5.78 Å². The van der Waals surface area contributed by atoms with E-state index >= 15 is 0 Å². The van der Waals surface area contributed by atoms with Crippen molar-refractivity contribution in [1.29, 1.82) is 0 Å². The number of piperidine rings is 1. The molecule has 1 aliphatic heterocycles. The third kappa shape index (κ3) is 3.67. The van der Waals surface area contributed by atoms with Crippen molar-refractivity contribution in [2.45, 2.75) is 39.7 Å². The summed E-state index contributed by atoms with van der Waals surface area (Å²) in [6.07, 6.45) is 2.14. The topological polar surface area (TPSA) is 20.3 Å². The first-order valence-corrected chi connectivity index (χ1v) is 7.63. The molecule has 0 radical (unpaired) electrons. The highest BCUT2D eigenvalue weighted by molar-refractivity contribution is 6.00. The van der Waals surface area contributed by atoms with E-state index in [0.29, 0.717) is 11.8 Å². The molecule has 2 rings (SSSR count). The van der Waals surface area contributed by atoms with Gasteiger partial charge in [-0.15, -0.1) is 0 Å². The maximum absolute atomic E-state index is 13.7. The molecule has 1 fully saturated rings. The molecule has 0 aromatic heterocycles. The van der Waals surface area contributed by atoms with Crippen LogP contribution < -0.4 is 0 Å². The van der Waals surface area contributed by atoms with E-state index in [9.17, 15) is 13.6 Å². The lowest BCUT2D eigenvalue weighted by atomic mass is 9.86. The van der Waals surface area contributed by atoms with Crippen molar-refractivity contribution >= 4 is 5.78 Å². The number of carbonyl (C=O) groups is 1. The SMILES string of the molecule is CC(C)C1CCN(C(C)C(=O)c2ccc(F)cc2F)CC1. The van der Waals surface area contributed by atoms with Crippen molar-refractivity contribution in [1.82, 2.24) is 4.90 Å². The Morgan fingerprint density at radius 3 is 2.33 bits per heavy atom. The lowest BCUT2D eigenvalue weighted by Crippen LogP contribution is -2.44. The van der Waals surface area contributed by atoms with Crippen LogP contribution in [-0.2, 0) is 0 Å². The number of hydrogen-bond acceptors (Lipinski definition) is 2. The number of Topliss-reactive ketones (excluding diaryl/α,β-unsaturated/α-hetero) is 1. The van der Waals surface area contributed by atoms with Crippen molar-refractivity contribution < 1.29 is 13.6 Å².